The van der Waals surface area contributed by atoms with Gasteiger partial charge in [-0.05, 0) is 110 Å². The molecule has 2 aliphatic rings. The summed E-state index contributed by atoms with van der Waals surface area (Å²) in [6.45, 7) is 5.48. The molecule has 0 amide bonds. The highest BCUT2D eigenvalue weighted by molar-refractivity contribution is 5.87. The van der Waals surface area contributed by atoms with Gasteiger partial charge in [-0.3, -0.25) is 0 Å². The molecule has 6 rings (SSSR count). The number of hydrogen-bond acceptors (Lipinski definition) is 8. The van der Waals surface area contributed by atoms with Crippen LogP contribution in [0.15, 0.2) is 109 Å². The van der Waals surface area contributed by atoms with Gasteiger partial charge in [-0.1, -0.05) is 48.5 Å². The van der Waals surface area contributed by atoms with Crippen LogP contribution in [0.25, 0.3) is 12.2 Å². The zero-order valence-electron chi connectivity index (χ0n) is 29.3. The van der Waals surface area contributed by atoms with Crippen molar-refractivity contribution in [3.05, 3.63) is 131 Å². The molecular weight excluding hydrogens is 644 g/mol. The number of aliphatic carboxylic acids is 1. The van der Waals surface area contributed by atoms with E-state index in [1.807, 2.05) is 91.0 Å². The molecule has 0 radical (unpaired) electrons. The predicted octanol–water partition coefficient (Wildman–Crippen LogP) is 8.35. The maximum absolute atomic E-state index is 11.4. The number of esters is 1. The summed E-state index contributed by atoms with van der Waals surface area (Å²) in [5.74, 6) is 0.550. The zero-order chi connectivity index (χ0) is 36.3. The van der Waals surface area contributed by atoms with Gasteiger partial charge in [0, 0.05) is 55.4 Å². The van der Waals surface area contributed by atoms with Crippen LogP contribution < -0.4 is 20.1 Å². The Balaban J connectivity index is 0.000000213. The lowest BCUT2D eigenvalue weighted by atomic mass is 10.1. The molecule has 4 aromatic carbocycles. The van der Waals surface area contributed by atoms with Gasteiger partial charge in [-0.2, -0.15) is 0 Å². The van der Waals surface area contributed by atoms with Crippen molar-refractivity contribution in [3.8, 4) is 11.5 Å². The predicted molar refractivity (Wildman–Crippen MR) is 203 cm³/mol. The number of anilines is 2. The lowest BCUT2D eigenvalue weighted by Crippen LogP contribution is -2.01. The molecule has 0 aromatic heterocycles. The first-order valence-corrected chi connectivity index (χ1v) is 17.4. The fourth-order valence-electron chi connectivity index (χ4n) is 4.66. The number of benzene rings is 4. The fraction of sp³-hybridized carbons (Fsp3) is 0.286. The van der Waals surface area contributed by atoms with E-state index in [-0.39, 0.29) is 12.6 Å². The Morgan fingerprint density at radius 3 is 1.57 bits per heavy atom. The molecule has 0 saturated heterocycles. The second kappa shape index (κ2) is 20.9. The Morgan fingerprint density at radius 2 is 1.14 bits per heavy atom. The summed E-state index contributed by atoms with van der Waals surface area (Å²) in [6.07, 6.45) is 11.4. The lowest BCUT2D eigenvalue weighted by molar-refractivity contribution is -0.137. The molecular formula is C42H48N2O7. The van der Waals surface area contributed by atoms with E-state index in [4.69, 9.17) is 24.4 Å². The summed E-state index contributed by atoms with van der Waals surface area (Å²) in [5, 5.41) is 23.0. The van der Waals surface area contributed by atoms with Crippen molar-refractivity contribution in [2.75, 3.05) is 23.8 Å². The standard InChI is InChI=1S/C21H23NO3.C19H19NO3.C2H6O/c1-2-24-21(23)12-9-16-5-3-6-17(13-16)15-22-18-7-4-8-20(14-18)25-19-10-11-19;21-19(22)10-7-14-3-1-4-15(11-14)13-20-16-5-2-6-18(12-16)23-17-8-9-17;1-2-3/h3-9,12-14,19,22H,2,10-11,15H2,1H3;1-7,10-12,17,20H,8-9,13H2,(H,21,22);3H,2H2,1H3/b12-9+;10-7+;. The minimum absolute atomic E-state index is 0.250. The van der Waals surface area contributed by atoms with E-state index in [2.05, 4.69) is 16.7 Å². The normalized spacial score (nSPS) is 13.3. The molecule has 4 N–H and O–H groups in total. The average molecular weight is 693 g/mol. The summed E-state index contributed by atoms with van der Waals surface area (Å²) >= 11 is 0. The number of aliphatic hydroxyl groups is 1. The van der Waals surface area contributed by atoms with Gasteiger partial charge in [-0.25, -0.2) is 9.59 Å². The van der Waals surface area contributed by atoms with E-state index in [0.717, 1.165) is 76.9 Å². The molecule has 0 spiro atoms. The summed E-state index contributed by atoms with van der Waals surface area (Å²) < 4.78 is 16.5. The fourth-order valence-corrected chi connectivity index (χ4v) is 4.66. The third-order valence-electron chi connectivity index (χ3n) is 7.33. The van der Waals surface area contributed by atoms with Gasteiger partial charge in [0.25, 0.3) is 0 Å². The number of carbonyl (C=O) groups excluding carboxylic acids is 1. The second-order valence-corrected chi connectivity index (χ2v) is 12.0. The van der Waals surface area contributed by atoms with Gasteiger partial charge >= 0.3 is 11.9 Å². The smallest absolute Gasteiger partial charge is 0.330 e. The van der Waals surface area contributed by atoms with Crippen molar-refractivity contribution in [1.82, 2.24) is 0 Å². The van der Waals surface area contributed by atoms with Crippen LogP contribution in [-0.2, 0) is 27.4 Å². The molecule has 9 heteroatoms. The van der Waals surface area contributed by atoms with Crippen molar-refractivity contribution < 1.29 is 34.0 Å². The highest BCUT2D eigenvalue weighted by Crippen LogP contribution is 2.29. The number of aliphatic hydroxyl groups excluding tert-OH is 1. The van der Waals surface area contributed by atoms with Crippen LogP contribution in [0.2, 0.25) is 0 Å². The second-order valence-electron chi connectivity index (χ2n) is 12.0. The zero-order valence-corrected chi connectivity index (χ0v) is 29.3. The van der Waals surface area contributed by atoms with Crippen LogP contribution in [0, 0.1) is 0 Å². The molecule has 9 nitrogen and oxygen atoms in total. The van der Waals surface area contributed by atoms with Crippen LogP contribution in [0.1, 0.15) is 61.8 Å². The molecule has 0 unspecified atom stereocenters. The first kappa shape index (κ1) is 38.3. The van der Waals surface area contributed by atoms with Crippen LogP contribution in [0.4, 0.5) is 11.4 Å². The van der Waals surface area contributed by atoms with Gasteiger partial charge < -0.3 is 35.1 Å². The third kappa shape index (κ3) is 15.7. The molecule has 0 atom stereocenters. The summed E-state index contributed by atoms with van der Waals surface area (Å²) in [6, 6.07) is 31.8. The Bertz CT molecular complexity index is 1740. The highest BCUT2D eigenvalue weighted by Gasteiger charge is 2.24. The third-order valence-corrected chi connectivity index (χ3v) is 7.33. The quantitative estimate of drug-likeness (QED) is 0.0718. The maximum atomic E-state index is 11.4. The Morgan fingerprint density at radius 1 is 0.686 bits per heavy atom. The molecule has 268 valence electrons. The lowest BCUT2D eigenvalue weighted by Gasteiger charge is -2.10. The van der Waals surface area contributed by atoms with E-state index in [1.54, 1.807) is 26.0 Å². The van der Waals surface area contributed by atoms with Crippen molar-refractivity contribution >= 4 is 35.5 Å². The molecule has 0 aliphatic heterocycles. The average Bonchev–Trinajstić information content (AvgIpc) is 4.08. The minimum Gasteiger partial charge on any atom is -0.490 e. The van der Waals surface area contributed by atoms with Crippen molar-refractivity contribution in [2.45, 2.75) is 64.8 Å². The van der Waals surface area contributed by atoms with Crippen molar-refractivity contribution in [1.29, 1.82) is 0 Å². The highest BCUT2D eigenvalue weighted by atomic mass is 16.5. The minimum atomic E-state index is -0.944. The van der Waals surface area contributed by atoms with Crippen LogP contribution in [0.3, 0.4) is 0 Å². The van der Waals surface area contributed by atoms with Crippen molar-refractivity contribution in [3.63, 3.8) is 0 Å². The largest absolute Gasteiger partial charge is 0.490 e. The number of carbonyl (C=O) groups is 2. The van der Waals surface area contributed by atoms with Gasteiger partial charge in [-0.15, -0.1) is 0 Å². The first-order valence-electron chi connectivity index (χ1n) is 17.4. The van der Waals surface area contributed by atoms with E-state index >= 15 is 0 Å². The van der Waals surface area contributed by atoms with E-state index in [0.29, 0.717) is 31.9 Å². The number of carboxylic acids is 1. The maximum Gasteiger partial charge on any atom is 0.330 e. The topological polar surface area (TPSA) is 126 Å². The SMILES string of the molecule is CCO.CCOC(=O)/C=C/c1cccc(CNc2cccc(OC3CC3)c2)c1.O=C(O)/C=C/c1cccc(CNc2cccc(OC3CC3)c2)c1. The molecule has 2 fully saturated rings. The summed E-state index contributed by atoms with van der Waals surface area (Å²) in [7, 11) is 0. The molecule has 2 aliphatic carbocycles. The number of rotatable bonds is 15. The first-order chi connectivity index (χ1) is 24.8. The van der Waals surface area contributed by atoms with Gasteiger partial charge in [0.05, 0.1) is 18.8 Å². The van der Waals surface area contributed by atoms with Crippen LogP contribution in [-0.4, -0.2) is 47.6 Å². The molecule has 51 heavy (non-hydrogen) atoms. The Labute approximate surface area is 300 Å². The number of nitrogens with one attached hydrogen (secondary N) is 2. The molecule has 4 aromatic rings. The van der Waals surface area contributed by atoms with Crippen LogP contribution in [0.5, 0.6) is 11.5 Å². The summed E-state index contributed by atoms with van der Waals surface area (Å²) in [5.41, 5.74) is 6.11. The van der Waals surface area contributed by atoms with E-state index in [9.17, 15) is 9.59 Å². The Kier molecular flexibility index (Phi) is 15.6. The Hall–Kier alpha value is -5.54. The van der Waals surface area contributed by atoms with Crippen LogP contribution >= 0.6 is 0 Å². The summed E-state index contributed by atoms with van der Waals surface area (Å²) in [4.78, 5) is 22.0. The number of ether oxygens (including phenoxy) is 3. The van der Waals surface area contributed by atoms with Gasteiger partial charge in [0.1, 0.15) is 11.5 Å². The number of hydrogen-bond donors (Lipinski definition) is 4. The van der Waals surface area contributed by atoms with E-state index < -0.39 is 5.97 Å². The van der Waals surface area contributed by atoms with Gasteiger partial charge in [0.15, 0.2) is 0 Å². The monoisotopic (exact) mass is 692 g/mol. The number of carboxylic acid groups (broad SMARTS) is 1. The van der Waals surface area contributed by atoms with Crippen molar-refractivity contribution in [2.24, 2.45) is 0 Å². The van der Waals surface area contributed by atoms with Gasteiger partial charge in [0.2, 0.25) is 0 Å². The molecule has 0 bridgehead atoms. The molecule has 2 saturated carbocycles. The van der Waals surface area contributed by atoms with E-state index in [1.165, 1.54) is 6.08 Å². The molecule has 0 heterocycles.